The van der Waals surface area contributed by atoms with E-state index >= 15 is 0 Å². The number of hydrogen-bond donors (Lipinski definition) is 2. The number of nitro benzene ring substituents is 1. The summed E-state index contributed by atoms with van der Waals surface area (Å²) in [5, 5.41) is 23.3. The molecule has 0 bridgehead atoms. The topological polar surface area (TPSA) is 95.7 Å². The summed E-state index contributed by atoms with van der Waals surface area (Å²) < 4.78 is 0. The number of hydrogen-bond acceptors (Lipinski definition) is 5. The van der Waals surface area contributed by atoms with Gasteiger partial charge in [0.2, 0.25) is 5.91 Å². The molecule has 2 N–H and O–H groups in total. The molecule has 1 aromatic rings. The third-order valence-electron chi connectivity index (χ3n) is 4.23. The number of carbonyl (C=O) groups excluding carboxylic acids is 1. The number of amides is 1. The molecule has 2 unspecified atom stereocenters. The highest BCUT2D eigenvalue weighted by atomic mass is 16.6. The van der Waals surface area contributed by atoms with Crippen LogP contribution >= 0.6 is 0 Å². The average molecular weight is 321 g/mol. The summed E-state index contributed by atoms with van der Waals surface area (Å²) in [6, 6.07) is 6.23. The van der Waals surface area contributed by atoms with Crippen LogP contribution in [0.1, 0.15) is 26.2 Å². The predicted octanol–water partition coefficient (Wildman–Crippen LogP) is 2.02. The zero-order chi connectivity index (χ0) is 16.8. The normalized spacial score (nSPS) is 18.7. The van der Waals surface area contributed by atoms with Crippen molar-refractivity contribution in [3.63, 3.8) is 0 Å². The first-order chi connectivity index (χ1) is 11.0. The molecule has 126 valence electrons. The number of non-ortho nitro benzene ring substituents is 1. The number of carbonyl (C=O) groups is 1. The largest absolute Gasteiger partial charge is 0.393 e. The fourth-order valence-electron chi connectivity index (χ4n) is 2.74. The van der Waals surface area contributed by atoms with Gasteiger partial charge in [0.15, 0.2) is 0 Å². The van der Waals surface area contributed by atoms with Crippen molar-refractivity contribution < 1.29 is 14.8 Å². The molecule has 2 rings (SSSR count). The van der Waals surface area contributed by atoms with E-state index in [2.05, 4.69) is 5.32 Å². The molecule has 2 atom stereocenters. The molecule has 1 aliphatic rings. The molecule has 23 heavy (non-hydrogen) atoms. The van der Waals surface area contributed by atoms with Gasteiger partial charge in [-0.3, -0.25) is 14.9 Å². The number of aliphatic hydroxyl groups is 1. The number of likely N-dealkylation sites (tertiary alicyclic amines) is 1. The molecule has 1 saturated heterocycles. The number of nitrogens with zero attached hydrogens (tertiary/aromatic N) is 2. The van der Waals surface area contributed by atoms with E-state index in [-0.39, 0.29) is 23.6 Å². The summed E-state index contributed by atoms with van der Waals surface area (Å²) in [7, 11) is 0. The molecular formula is C16H23N3O4. The summed E-state index contributed by atoms with van der Waals surface area (Å²) >= 11 is 0. The Morgan fingerprint density at radius 3 is 2.74 bits per heavy atom. The molecule has 1 aromatic carbocycles. The molecule has 0 aliphatic carbocycles. The highest BCUT2D eigenvalue weighted by molar-refractivity contribution is 5.76. The molecule has 1 heterocycles. The summed E-state index contributed by atoms with van der Waals surface area (Å²) in [6.45, 7) is 3.78. The van der Waals surface area contributed by atoms with Crippen LogP contribution in [0.4, 0.5) is 11.4 Å². The number of rotatable bonds is 7. The van der Waals surface area contributed by atoms with Crippen molar-refractivity contribution in [1.29, 1.82) is 0 Å². The summed E-state index contributed by atoms with van der Waals surface area (Å²) in [4.78, 5) is 24.0. The fourth-order valence-corrected chi connectivity index (χ4v) is 2.74. The monoisotopic (exact) mass is 321 g/mol. The Morgan fingerprint density at radius 2 is 2.17 bits per heavy atom. The first kappa shape index (κ1) is 17.2. The standard InChI is InChI=1S/C16H23N3O4/c1-12(20)13-8-10-18(11-13)16(21)3-2-9-17-14-4-6-15(7-5-14)19(22)23/h4-7,12-13,17,20H,2-3,8-11H2,1H3. The minimum Gasteiger partial charge on any atom is -0.393 e. The molecule has 0 saturated carbocycles. The maximum Gasteiger partial charge on any atom is 0.269 e. The molecule has 1 fully saturated rings. The van der Waals surface area contributed by atoms with Crippen LogP contribution in [0.2, 0.25) is 0 Å². The number of benzene rings is 1. The molecule has 0 radical (unpaired) electrons. The quantitative estimate of drug-likeness (QED) is 0.455. The van der Waals surface area contributed by atoms with Gasteiger partial charge in [-0.25, -0.2) is 0 Å². The number of anilines is 1. The Hall–Kier alpha value is -2.15. The van der Waals surface area contributed by atoms with Crippen molar-refractivity contribution in [2.24, 2.45) is 5.92 Å². The third-order valence-corrected chi connectivity index (χ3v) is 4.23. The number of aliphatic hydroxyl groups excluding tert-OH is 1. The van der Waals surface area contributed by atoms with E-state index in [1.54, 1.807) is 19.1 Å². The van der Waals surface area contributed by atoms with Gasteiger partial charge in [-0.05, 0) is 31.9 Å². The van der Waals surface area contributed by atoms with E-state index in [4.69, 9.17) is 0 Å². The average Bonchev–Trinajstić information content (AvgIpc) is 3.02. The molecule has 1 amide bonds. The molecule has 7 nitrogen and oxygen atoms in total. The summed E-state index contributed by atoms with van der Waals surface area (Å²) in [5.74, 6) is 0.316. The van der Waals surface area contributed by atoms with Gasteiger partial charge in [0.05, 0.1) is 11.0 Å². The fraction of sp³-hybridized carbons (Fsp3) is 0.562. The van der Waals surface area contributed by atoms with E-state index in [9.17, 15) is 20.0 Å². The van der Waals surface area contributed by atoms with E-state index in [1.807, 2.05) is 4.90 Å². The van der Waals surface area contributed by atoms with Crippen LogP contribution in [0, 0.1) is 16.0 Å². The SMILES string of the molecule is CC(O)C1CCN(C(=O)CCCNc2ccc([N+](=O)[O-])cc2)C1. The van der Waals surface area contributed by atoms with Gasteiger partial charge in [0, 0.05) is 49.8 Å². The number of nitro groups is 1. The lowest BCUT2D eigenvalue weighted by Gasteiger charge is -2.17. The third kappa shape index (κ3) is 4.92. The second kappa shape index (κ2) is 7.92. The minimum absolute atomic E-state index is 0.0624. The van der Waals surface area contributed by atoms with E-state index in [0.29, 0.717) is 25.9 Å². The summed E-state index contributed by atoms with van der Waals surface area (Å²) in [5.41, 5.74) is 0.866. The molecule has 0 spiro atoms. The number of nitrogens with one attached hydrogen (secondary N) is 1. The maximum absolute atomic E-state index is 12.1. The Balaban J connectivity index is 1.67. The van der Waals surface area contributed by atoms with Gasteiger partial charge in [0.25, 0.3) is 5.69 Å². The van der Waals surface area contributed by atoms with Crippen molar-refractivity contribution in [3.05, 3.63) is 34.4 Å². The van der Waals surface area contributed by atoms with Crippen molar-refractivity contribution in [3.8, 4) is 0 Å². The second-order valence-corrected chi connectivity index (χ2v) is 5.96. The highest BCUT2D eigenvalue weighted by Gasteiger charge is 2.28. The van der Waals surface area contributed by atoms with E-state index in [1.165, 1.54) is 12.1 Å². The van der Waals surface area contributed by atoms with Gasteiger partial charge in [-0.2, -0.15) is 0 Å². The van der Waals surface area contributed by atoms with Gasteiger partial charge in [-0.15, -0.1) is 0 Å². The lowest BCUT2D eigenvalue weighted by atomic mass is 10.0. The van der Waals surface area contributed by atoms with Gasteiger partial charge < -0.3 is 15.3 Å². The zero-order valence-corrected chi connectivity index (χ0v) is 13.3. The maximum atomic E-state index is 12.1. The molecule has 7 heteroatoms. The smallest absolute Gasteiger partial charge is 0.269 e. The highest BCUT2D eigenvalue weighted by Crippen LogP contribution is 2.20. The first-order valence-corrected chi connectivity index (χ1v) is 7.91. The van der Waals surface area contributed by atoms with Crippen LogP contribution in [-0.4, -0.2) is 46.6 Å². The Bertz CT molecular complexity index is 545. The molecule has 0 aromatic heterocycles. The van der Waals surface area contributed by atoms with E-state index < -0.39 is 4.92 Å². The van der Waals surface area contributed by atoms with Crippen LogP contribution in [-0.2, 0) is 4.79 Å². The summed E-state index contributed by atoms with van der Waals surface area (Å²) in [6.07, 6.45) is 1.67. The zero-order valence-electron chi connectivity index (χ0n) is 13.3. The Morgan fingerprint density at radius 1 is 1.48 bits per heavy atom. The van der Waals surface area contributed by atoms with Gasteiger partial charge in [0.1, 0.15) is 0 Å². The Kier molecular flexibility index (Phi) is 5.92. The van der Waals surface area contributed by atoms with E-state index in [0.717, 1.165) is 18.7 Å². The lowest BCUT2D eigenvalue weighted by molar-refractivity contribution is -0.384. The van der Waals surface area contributed by atoms with Crippen molar-refractivity contribution in [2.45, 2.75) is 32.3 Å². The predicted molar refractivity (Wildman–Crippen MR) is 87.2 cm³/mol. The van der Waals surface area contributed by atoms with Gasteiger partial charge in [-0.1, -0.05) is 0 Å². The van der Waals surface area contributed by atoms with Crippen LogP contribution in [0.3, 0.4) is 0 Å². The minimum atomic E-state index is -0.432. The van der Waals surface area contributed by atoms with Crippen LogP contribution in [0.5, 0.6) is 0 Å². The lowest BCUT2D eigenvalue weighted by Crippen LogP contribution is -2.30. The van der Waals surface area contributed by atoms with Crippen molar-refractivity contribution in [1.82, 2.24) is 4.90 Å². The first-order valence-electron chi connectivity index (χ1n) is 7.91. The van der Waals surface area contributed by atoms with Crippen LogP contribution < -0.4 is 5.32 Å². The van der Waals surface area contributed by atoms with Crippen LogP contribution in [0.25, 0.3) is 0 Å². The molecule has 1 aliphatic heterocycles. The molecular weight excluding hydrogens is 298 g/mol. The second-order valence-electron chi connectivity index (χ2n) is 5.96. The van der Waals surface area contributed by atoms with Crippen molar-refractivity contribution >= 4 is 17.3 Å². The Labute approximate surface area is 135 Å². The van der Waals surface area contributed by atoms with Crippen LogP contribution in [0.15, 0.2) is 24.3 Å². The van der Waals surface area contributed by atoms with Gasteiger partial charge >= 0.3 is 0 Å². The van der Waals surface area contributed by atoms with Crippen molar-refractivity contribution in [2.75, 3.05) is 25.0 Å².